The Morgan fingerprint density at radius 2 is 2.10 bits per heavy atom. The molecular weight excluding hydrogens is 268 g/mol. The first-order valence-electron chi connectivity index (χ1n) is 6.84. The Morgan fingerprint density at radius 3 is 2.76 bits per heavy atom. The molecule has 1 heterocycles. The molecule has 2 rings (SSSR count). The van der Waals surface area contributed by atoms with Crippen molar-refractivity contribution in [2.45, 2.75) is 33.8 Å². The molecule has 0 atom stereocenters. The molecule has 0 N–H and O–H groups in total. The molecule has 1 aromatic heterocycles. The van der Waals surface area contributed by atoms with Crippen LogP contribution in [0.4, 0.5) is 5.69 Å². The van der Waals surface area contributed by atoms with Gasteiger partial charge in [0.05, 0.1) is 16.2 Å². The lowest BCUT2D eigenvalue weighted by molar-refractivity contribution is -0.386. The second-order valence-electron chi connectivity index (χ2n) is 4.91. The zero-order chi connectivity index (χ0) is 15.4. The SMILES string of the molecule is CCc1cccc(OCc2ncc(C)c([N+](=O)[O-])c2C)c1. The minimum atomic E-state index is -0.368. The van der Waals surface area contributed by atoms with Crippen LogP contribution in [0.15, 0.2) is 30.5 Å². The molecule has 0 aliphatic heterocycles. The van der Waals surface area contributed by atoms with E-state index in [9.17, 15) is 10.1 Å². The van der Waals surface area contributed by atoms with Crippen LogP contribution in [0.1, 0.15) is 29.3 Å². The summed E-state index contributed by atoms with van der Waals surface area (Å²) in [5, 5.41) is 11.1. The van der Waals surface area contributed by atoms with Gasteiger partial charge in [0, 0.05) is 11.8 Å². The summed E-state index contributed by atoms with van der Waals surface area (Å²) in [5.41, 5.74) is 3.02. The van der Waals surface area contributed by atoms with E-state index in [4.69, 9.17) is 4.74 Å². The van der Waals surface area contributed by atoms with E-state index >= 15 is 0 Å². The molecule has 21 heavy (non-hydrogen) atoms. The maximum atomic E-state index is 11.1. The van der Waals surface area contributed by atoms with Crippen LogP contribution in [-0.4, -0.2) is 9.91 Å². The lowest BCUT2D eigenvalue weighted by Crippen LogP contribution is -2.05. The Balaban J connectivity index is 2.20. The van der Waals surface area contributed by atoms with Crippen molar-refractivity contribution in [3.8, 4) is 5.75 Å². The number of nitro groups is 1. The van der Waals surface area contributed by atoms with Gasteiger partial charge in [-0.3, -0.25) is 15.1 Å². The van der Waals surface area contributed by atoms with Gasteiger partial charge < -0.3 is 4.74 Å². The number of rotatable bonds is 5. The molecular formula is C16H18N2O3. The van der Waals surface area contributed by atoms with Gasteiger partial charge in [-0.15, -0.1) is 0 Å². The monoisotopic (exact) mass is 286 g/mol. The maximum absolute atomic E-state index is 11.1. The number of aryl methyl sites for hydroxylation is 2. The molecule has 0 bridgehead atoms. The minimum Gasteiger partial charge on any atom is -0.487 e. The second-order valence-corrected chi connectivity index (χ2v) is 4.91. The smallest absolute Gasteiger partial charge is 0.278 e. The molecule has 0 amide bonds. The number of aromatic nitrogens is 1. The number of pyridine rings is 1. The first-order valence-corrected chi connectivity index (χ1v) is 6.84. The maximum Gasteiger partial charge on any atom is 0.278 e. The molecule has 0 fully saturated rings. The standard InChI is InChI=1S/C16H18N2O3/c1-4-13-6-5-7-14(8-13)21-10-15-12(3)16(18(19)20)11(2)9-17-15/h5-9H,4,10H2,1-3H3. The molecule has 0 spiro atoms. The predicted octanol–water partition coefficient (Wildman–Crippen LogP) is 3.75. The van der Waals surface area contributed by atoms with Crippen molar-refractivity contribution < 1.29 is 9.66 Å². The number of hydrogen-bond acceptors (Lipinski definition) is 4. The predicted molar refractivity (Wildman–Crippen MR) is 80.5 cm³/mol. The van der Waals surface area contributed by atoms with E-state index in [-0.39, 0.29) is 17.2 Å². The average Bonchev–Trinajstić information content (AvgIpc) is 2.46. The molecule has 0 radical (unpaired) electrons. The average molecular weight is 286 g/mol. The molecule has 110 valence electrons. The fourth-order valence-corrected chi connectivity index (χ4v) is 2.20. The van der Waals surface area contributed by atoms with E-state index in [1.165, 1.54) is 11.8 Å². The first-order chi connectivity index (χ1) is 10.0. The fraction of sp³-hybridized carbons (Fsp3) is 0.312. The van der Waals surface area contributed by atoms with Crippen LogP contribution in [0.25, 0.3) is 0 Å². The van der Waals surface area contributed by atoms with E-state index in [0.717, 1.165) is 12.2 Å². The largest absolute Gasteiger partial charge is 0.487 e. The minimum absolute atomic E-state index is 0.117. The number of benzene rings is 1. The molecule has 5 nitrogen and oxygen atoms in total. The Morgan fingerprint density at radius 1 is 1.33 bits per heavy atom. The van der Waals surface area contributed by atoms with Crippen LogP contribution in [0.5, 0.6) is 5.75 Å². The van der Waals surface area contributed by atoms with Crippen LogP contribution in [0.2, 0.25) is 0 Å². The van der Waals surface area contributed by atoms with Gasteiger partial charge in [-0.05, 0) is 38.0 Å². The summed E-state index contributed by atoms with van der Waals surface area (Å²) in [6.07, 6.45) is 2.46. The summed E-state index contributed by atoms with van der Waals surface area (Å²) in [4.78, 5) is 15.0. The molecule has 0 unspecified atom stereocenters. The lowest BCUT2D eigenvalue weighted by atomic mass is 10.1. The van der Waals surface area contributed by atoms with Crippen molar-refractivity contribution >= 4 is 5.69 Å². The number of hydrogen-bond donors (Lipinski definition) is 0. The zero-order valence-electron chi connectivity index (χ0n) is 12.4. The van der Waals surface area contributed by atoms with E-state index < -0.39 is 0 Å². The lowest BCUT2D eigenvalue weighted by Gasteiger charge is -2.10. The van der Waals surface area contributed by atoms with Crippen molar-refractivity contribution in [3.05, 3.63) is 63.0 Å². The highest BCUT2D eigenvalue weighted by molar-refractivity contribution is 5.47. The van der Waals surface area contributed by atoms with Crippen LogP contribution in [-0.2, 0) is 13.0 Å². The van der Waals surface area contributed by atoms with Crippen LogP contribution < -0.4 is 4.74 Å². The topological polar surface area (TPSA) is 65.3 Å². The summed E-state index contributed by atoms with van der Waals surface area (Å²) in [7, 11) is 0. The third-order valence-corrected chi connectivity index (χ3v) is 3.44. The van der Waals surface area contributed by atoms with E-state index in [1.807, 2.05) is 24.3 Å². The summed E-state index contributed by atoms with van der Waals surface area (Å²) in [6.45, 7) is 5.70. The van der Waals surface area contributed by atoms with E-state index in [2.05, 4.69) is 11.9 Å². The van der Waals surface area contributed by atoms with Crippen molar-refractivity contribution in [1.29, 1.82) is 0 Å². The van der Waals surface area contributed by atoms with Crippen LogP contribution >= 0.6 is 0 Å². The fourth-order valence-electron chi connectivity index (χ4n) is 2.20. The Hall–Kier alpha value is -2.43. The number of ether oxygens (including phenoxy) is 1. The molecule has 0 saturated carbocycles. The third-order valence-electron chi connectivity index (χ3n) is 3.44. The van der Waals surface area contributed by atoms with Gasteiger partial charge >= 0.3 is 0 Å². The first kappa shape index (κ1) is 15.0. The van der Waals surface area contributed by atoms with Crippen molar-refractivity contribution in [2.75, 3.05) is 0 Å². The summed E-state index contributed by atoms with van der Waals surface area (Å²) in [6, 6.07) is 7.81. The Kier molecular flexibility index (Phi) is 4.52. The Labute approximate surface area is 123 Å². The molecule has 0 aliphatic rings. The van der Waals surface area contributed by atoms with Crippen molar-refractivity contribution in [3.63, 3.8) is 0 Å². The quantitative estimate of drug-likeness (QED) is 0.620. The zero-order valence-corrected chi connectivity index (χ0v) is 12.4. The molecule has 0 aliphatic carbocycles. The normalized spacial score (nSPS) is 10.4. The van der Waals surface area contributed by atoms with Gasteiger partial charge in [0.1, 0.15) is 12.4 Å². The molecule has 5 heteroatoms. The summed E-state index contributed by atoms with van der Waals surface area (Å²) < 4.78 is 5.70. The van der Waals surface area contributed by atoms with Gasteiger partial charge in [-0.25, -0.2) is 0 Å². The van der Waals surface area contributed by atoms with Gasteiger partial charge in [0.2, 0.25) is 0 Å². The van der Waals surface area contributed by atoms with Crippen LogP contribution in [0, 0.1) is 24.0 Å². The third kappa shape index (κ3) is 3.37. The Bertz CT molecular complexity index is 669. The highest BCUT2D eigenvalue weighted by Crippen LogP contribution is 2.25. The molecule has 2 aromatic rings. The van der Waals surface area contributed by atoms with Gasteiger partial charge in [0.15, 0.2) is 0 Å². The van der Waals surface area contributed by atoms with Crippen molar-refractivity contribution in [1.82, 2.24) is 4.98 Å². The highest BCUT2D eigenvalue weighted by atomic mass is 16.6. The van der Waals surface area contributed by atoms with Crippen molar-refractivity contribution in [2.24, 2.45) is 0 Å². The molecule has 0 saturated heterocycles. The summed E-state index contributed by atoms with van der Waals surface area (Å²) in [5.74, 6) is 0.749. The number of nitrogens with zero attached hydrogens (tertiary/aromatic N) is 2. The van der Waals surface area contributed by atoms with Gasteiger partial charge in [-0.1, -0.05) is 19.1 Å². The van der Waals surface area contributed by atoms with Gasteiger partial charge in [0.25, 0.3) is 5.69 Å². The van der Waals surface area contributed by atoms with Crippen LogP contribution in [0.3, 0.4) is 0 Å². The van der Waals surface area contributed by atoms with E-state index in [0.29, 0.717) is 16.8 Å². The second kappa shape index (κ2) is 6.35. The van der Waals surface area contributed by atoms with E-state index in [1.54, 1.807) is 13.8 Å². The summed E-state index contributed by atoms with van der Waals surface area (Å²) >= 11 is 0. The van der Waals surface area contributed by atoms with Gasteiger partial charge in [-0.2, -0.15) is 0 Å². The highest BCUT2D eigenvalue weighted by Gasteiger charge is 2.18. The molecule has 1 aromatic carbocycles.